The zero-order valence-electron chi connectivity index (χ0n) is 14.2. The van der Waals surface area contributed by atoms with E-state index in [1.165, 1.54) is 0 Å². The fraction of sp³-hybridized carbons (Fsp3) is 0.211. The van der Waals surface area contributed by atoms with Gasteiger partial charge in [0.05, 0.1) is 0 Å². The van der Waals surface area contributed by atoms with Gasteiger partial charge in [-0.05, 0) is 50.6 Å². The number of pyridine rings is 1. The van der Waals surface area contributed by atoms with Crippen LogP contribution < -0.4 is 5.32 Å². The molecular formula is C19H20ClN3O. The highest BCUT2D eigenvalue weighted by molar-refractivity contribution is 6.33. The Balaban J connectivity index is 2.41. The highest BCUT2D eigenvalue weighted by atomic mass is 35.5. The van der Waals surface area contributed by atoms with Crippen molar-refractivity contribution in [3.8, 4) is 0 Å². The summed E-state index contributed by atoms with van der Waals surface area (Å²) in [5.41, 5.74) is 4.16. The van der Waals surface area contributed by atoms with E-state index < -0.39 is 0 Å². The quantitative estimate of drug-likeness (QED) is 0.372. The van der Waals surface area contributed by atoms with E-state index in [9.17, 15) is 4.79 Å². The second kappa shape index (κ2) is 7.88. The highest BCUT2D eigenvalue weighted by Crippen LogP contribution is 2.20. The standard InChI is InChI=1S/C19H20ClN3O/c1-5-17(23-13(3)15-7-6-10-22-19(15)20)18(24)16-11-14(21-4)9-8-12(16)2/h5-11,21H,1-4H3/b17-5-,23-13?. The zero-order chi connectivity index (χ0) is 17.7. The third-order valence-corrected chi connectivity index (χ3v) is 4.02. The van der Waals surface area contributed by atoms with Crippen molar-refractivity contribution in [3.63, 3.8) is 0 Å². The van der Waals surface area contributed by atoms with Crippen LogP contribution in [-0.2, 0) is 0 Å². The van der Waals surface area contributed by atoms with Gasteiger partial charge in [-0.2, -0.15) is 0 Å². The van der Waals surface area contributed by atoms with Crippen molar-refractivity contribution in [2.75, 3.05) is 12.4 Å². The van der Waals surface area contributed by atoms with E-state index in [0.29, 0.717) is 27.7 Å². The van der Waals surface area contributed by atoms with E-state index in [4.69, 9.17) is 11.6 Å². The molecule has 0 atom stereocenters. The van der Waals surface area contributed by atoms with Crippen LogP contribution in [-0.4, -0.2) is 23.5 Å². The molecule has 0 bridgehead atoms. The lowest BCUT2D eigenvalue weighted by molar-refractivity contribution is 0.103. The maximum atomic E-state index is 12.9. The van der Waals surface area contributed by atoms with Crippen LogP contribution in [0.2, 0.25) is 5.15 Å². The number of ketones is 1. The molecule has 0 spiro atoms. The van der Waals surface area contributed by atoms with Gasteiger partial charge in [0, 0.05) is 35.8 Å². The number of aromatic nitrogens is 1. The fourth-order valence-corrected chi connectivity index (χ4v) is 2.56. The molecule has 1 heterocycles. The summed E-state index contributed by atoms with van der Waals surface area (Å²) in [6.07, 6.45) is 3.33. The number of Topliss-reactive ketones (excluding diaryl/α,β-unsaturated/α-hetero) is 1. The van der Waals surface area contributed by atoms with Gasteiger partial charge in [0.25, 0.3) is 0 Å². The summed E-state index contributed by atoms with van der Waals surface area (Å²) in [6, 6.07) is 9.31. The number of aliphatic imine (C=N–C) groups is 1. The van der Waals surface area contributed by atoms with Crippen molar-refractivity contribution in [1.82, 2.24) is 4.98 Å². The normalized spacial score (nSPS) is 12.2. The Bertz CT molecular complexity index is 825. The Morgan fingerprint density at radius 2 is 2.04 bits per heavy atom. The average molecular weight is 342 g/mol. The molecular weight excluding hydrogens is 322 g/mol. The molecule has 0 aliphatic rings. The van der Waals surface area contributed by atoms with Gasteiger partial charge in [0.2, 0.25) is 5.78 Å². The lowest BCUT2D eigenvalue weighted by Crippen LogP contribution is -2.07. The number of halogens is 1. The average Bonchev–Trinajstić information content (AvgIpc) is 2.59. The minimum atomic E-state index is -0.119. The highest BCUT2D eigenvalue weighted by Gasteiger charge is 2.15. The molecule has 0 fully saturated rings. The predicted octanol–water partition coefficient (Wildman–Crippen LogP) is 4.68. The maximum absolute atomic E-state index is 12.9. The SMILES string of the molecule is C/C=C(\N=C(C)c1cccnc1Cl)C(=O)c1cc(NC)ccc1C. The topological polar surface area (TPSA) is 54.4 Å². The van der Waals surface area contributed by atoms with Gasteiger partial charge in [0.15, 0.2) is 0 Å². The second-order valence-corrected chi connectivity index (χ2v) is 5.68. The fourth-order valence-electron chi connectivity index (χ4n) is 2.30. The molecule has 124 valence electrons. The van der Waals surface area contributed by atoms with Gasteiger partial charge in [0.1, 0.15) is 10.9 Å². The van der Waals surface area contributed by atoms with Gasteiger partial charge in [-0.3, -0.25) is 4.79 Å². The van der Waals surface area contributed by atoms with Crippen LogP contribution in [0.3, 0.4) is 0 Å². The van der Waals surface area contributed by atoms with E-state index in [-0.39, 0.29) is 5.78 Å². The van der Waals surface area contributed by atoms with Gasteiger partial charge in [-0.15, -0.1) is 0 Å². The molecule has 2 rings (SSSR count). The summed E-state index contributed by atoms with van der Waals surface area (Å²) in [5.74, 6) is -0.119. The summed E-state index contributed by atoms with van der Waals surface area (Å²) in [5, 5.41) is 3.42. The first-order chi connectivity index (χ1) is 11.5. The monoisotopic (exact) mass is 341 g/mol. The van der Waals surface area contributed by atoms with Crippen LogP contribution in [0, 0.1) is 6.92 Å². The Morgan fingerprint density at radius 3 is 2.67 bits per heavy atom. The van der Waals surface area contributed by atoms with Crippen molar-refractivity contribution < 1.29 is 4.79 Å². The molecule has 5 heteroatoms. The molecule has 2 aromatic rings. The van der Waals surface area contributed by atoms with Crippen LogP contribution in [0.5, 0.6) is 0 Å². The van der Waals surface area contributed by atoms with Crippen LogP contribution in [0.15, 0.2) is 53.3 Å². The Morgan fingerprint density at radius 1 is 1.29 bits per heavy atom. The van der Waals surface area contributed by atoms with Crippen LogP contribution in [0.25, 0.3) is 0 Å². The first kappa shape index (κ1) is 17.9. The molecule has 0 radical (unpaired) electrons. The largest absolute Gasteiger partial charge is 0.388 e. The maximum Gasteiger partial charge on any atom is 0.211 e. The molecule has 0 amide bonds. The third-order valence-electron chi connectivity index (χ3n) is 3.71. The number of aryl methyl sites for hydroxylation is 1. The lowest BCUT2D eigenvalue weighted by atomic mass is 10.0. The van der Waals surface area contributed by atoms with Crippen molar-refractivity contribution in [3.05, 3.63) is 70.1 Å². The number of rotatable bonds is 5. The lowest BCUT2D eigenvalue weighted by Gasteiger charge is -2.09. The summed E-state index contributed by atoms with van der Waals surface area (Å²) >= 11 is 6.10. The third kappa shape index (κ3) is 3.89. The van der Waals surface area contributed by atoms with Crippen molar-refractivity contribution in [2.24, 2.45) is 4.99 Å². The molecule has 0 saturated heterocycles. The van der Waals surface area contributed by atoms with Gasteiger partial charge < -0.3 is 5.32 Å². The number of nitrogens with one attached hydrogen (secondary N) is 1. The van der Waals surface area contributed by atoms with Gasteiger partial charge in [-0.25, -0.2) is 9.98 Å². The number of carbonyl (C=O) groups excluding carboxylic acids is 1. The molecule has 1 aromatic heterocycles. The molecule has 0 aliphatic carbocycles. The van der Waals surface area contributed by atoms with E-state index in [1.807, 2.05) is 45.2 Å². The molecule has 0 saturated carbocycles. The molecule has 0 unspecified atom stereocenters. The molecule has 24 heavy (non-hydrogen) atoms. The van der Waals surface area contributed by atoms with Crippen molar-refractivity contribution in [2.45, 2.75) is 20.8 Å². The van der Waals surface area contributed by atoms with Crippen LogP contribution in [0.4, 0.5) is 5.69 Å². The summed E-state index contributed by atoms with van der Waals surface area (Å²) in [6.45, 7) is 5.52. The van der Waals surface area contributed by atoms with E-state index in [0.717, 1.165) is 11.3 Å². The molecule has 4 nitrogen and oxygen atoms in total. The molecule has 1 aromatic carbocycles. The Kier molecular flexibility index (Phi) is 5.88. The number of allylic oxidation sites excluding steroid dienone is 2. The minimum absolute atomic E-state index is 0.119. The van der Waals surface area contributed by atoms with E-state index >= 15 is 0 Å². The molecule has 1 N–H and O–H groups in total. The Labute approximate surface area is 147 Å². The number of benzene rings is 1. The van der Waals surface area contributed by atoms with Crippen LogP contribution in [0.1, 0.15) is 35.3 Å². The second-order valence-electron chi connectivity index (χ2n) is 5.32. The first-order valence-electron chi connectivity index (χ1n) is 7.63. The van der Waals surface area contributed by atoms with E-state index in [1.54, 1.807) is 25.3 Å². The van der Waals surface area contributed by atoms with Gasteiger partial charge in [-0.1, -0.05) is 23.7 Å². The number of carbonyl (C=O) groups is 1. The number of anilines is 1. The van der Waals surface area contributed by atoms with Crippen LogP contribution >= 0.6 is 11.6 Å². The van der Waals surface area contributed by atoms with Gasteiger partial charge >= 0.3 is 0 Å². The molecule has 0 aliphatic heterocycles. The van der Waals surface area contributed by atoms with Crippen molar-refractivity contribution >= 4 is 28.8 Å². The predicted molar refractivity (Wildman–Crippen MR) is 100 cm³/mol. The first-order valence-corrected chi connectivity index (χ1v) is 8.01. The van der Waals surface area contributed by atoms with E-state index in [2.05, 4.69) is 15.3 Å². The smallest absolute Gasteiger partial charge is 0.211 e. The zero-order valence-corrected chi connectivity index (χ0v) is 15.0. The minimum Gasteiger partial charge on any atom is -0.388 e. The number of hydrogen-bond donors (Lipinski definition) is 1. The summed E-state index contributed by atoms with van der Waals surface area (Å²) in [4.78, 5) is 21.4. The summed E-state index contributed by atoms with van der Waals surface area (Å²) < 4.78 is 0. The number of nitrogens with zero attached hydrogens (tertiary/aromatic N) is 2. The van der Waals surface area contributed by atoms with Crippen molar-refractivity contribution in [1.29, 1.82) is 0 Å². The summed E-state index contributed by atoms with van der Waals surface area (Å²) in [7, 11) is 1.82. The Hall–Kier alpha value is -2.46. The number of hydrogen-bond acceptors (Lipinski definition) is 4.